The summed E-state index contributed by atoms with van der Waals surface area (Å²) < 4.78 is 10.6. The average Bonchev–Trinajstić information content (AvgIpc) is 2.87. The van der Waals surface area contributed by atoms with Crippen LogP contribution in [0.15, 0.2) is 66.9 Å². The molecule has 4 rings (SSSR count). The normalized spacial score (nSPS) is 15.8. The number of nitrogens with one attached hydrogen (secondary N) is 2. The molecule has 2 aromatic carbocycles. The average molecular weight is 433 g/mol. The maximum absolute atomic E-state index is 13.1. The lowest BCUT2D eigenvalue weighted by molar-refractivity contribution is 0.0951. The predicted molar refractivity (Wildman–Crippen MR) is 124 cm³/mol. The molecule has 0 aliphatic carbocycles. The van der Waals surface area contributed by atoms with Crippen LogP contribution in [0.4, 0.5) is 5.82 Å². The minimum absolute atomic E-state index is 0.155. The molecule has 32 heavy (non-hydrogen) atoms. The van der Waals surface area contributed by atoms with Crippen LogP contribution in [0.3, 0.4) is 0 Å². The monoisotopic (exact) mass is 432 g/mol. The van der Waals surface area contributed by atoms with E-state index in [9.17, 15) is 4.79 Å². The zero-order valence-electron chi connectivity index (χ0n) is 18.4. The van der Waals surface area contributed by atoms with E-state index in [-0.39, 0.29) is 11.9 Å². The molecule has 1 aliphatic heterocycles. The van der Waals surface area contributed by atoms with Crippen LogP contribution in [0, 0.1) is 0 Å². The molecule has 2 heterocycles. The SMILES string of the molecule is COc1ccc(CNC(=O)c2cccnc2N2CCN[C@H](c3ccccc3)C2)cc1OC. The highest BCUT2D eigenvalue weighted by Crippen LogP contribution is 2.28. The van der Waals surface area contributed by atoms with Crippen molar-refractivity contribution in [3.05, 3.63) is 83.6 Å². The zero-order valence-corrected chi connectivity index (χ0v) is 18.4. The molecule has 7 heteroatoms. The number of aromatic nitrogens is 1. The fourth-order valence-electron chi connectivity index (χ4n) is 3.95. The van der Waals surface area contributed by atoms with Crippen LogP contribution in [0.25, 0.3) is 0 Å². The van der Waals surface area contributed by atoms with Crippen LogP contribution in [0.1, 0.15) is 27.5 Å². The predicted octanol–water partition coefficient (Wildman–Crippen LogP) is 3.18. The van der Waals surface area contributed by atoms with Gasteiger partial charge >= 0.3 is 0 Å². The molecule has 2 N–H and O–H groups in total. The highest BCUT2D eigenvalue weighted by molar-refractivity contribution is 5.98. The fraction of sp³-hybridized carbons (Fsp3) is 0.280. The Bertz CT molecular complexity index is 1060. The van der Waals surface area contributed by atoms with Gasteiger partial charge in [0.15, 0.2) is 11.5 Å². The van der Waals surface area contributed by atoms with Crippen LogP contribution in [-0.4, -0.2) is 44.7 Å². The molecule has 0 radical (unpaired) electrons. The number of methoxy groups -OCH3 is 2. The maximum atomic E-state index is 13.1. The summed E-state index contributed by atoms with van der Waals surface area (Å²) in [5.74, 6) is 1.84. The van der Waals surface area contributed by atoms with E-state index in [0.29, 0.717) is 29.4 Å². The summed E-state index contributed by atoms with van der Waals surface area (Å²) in [5.41, 5.74) is 2.72. The molecule has 1 atom stereocenters. The first-order valence-corrected chi connectivity index (χ1v) is 10.7. The van der Waals surface area contributed by atoms with E-state index in [0.717, 1.165) is 25.2 Å². The standard InChI is InChI=1S/C25H28N4O3/c1-31-22-11-10-18(15-23(22)32-2)16-28-25(30)20-9-6-12-27-24(20)29-14-13-26-21(17-29)19-7-4-3-5-8-19/h3-12,15,21,26H,13-14,16-17H2,1-2H3,(H,28,30)/t21-/m0/s1. The van der Waals surface area contributed by atoms with Crippen molar-refractivity contribution in [1.29, 1.82) is 0 Å². The Kier molecular flexibility index (Phi) is 6.87. The smallest absolute Gasteiger partial charge is 0.255 e. The number of benzene rings is 2. The van der Waals surface area contributed by atoms with Crippen LogP contribution >= 0.6 is 0 Å². The molecule has 1 saturated heterocycles. The number of hydrogen-bond acceptors (Lipinski definition) is 6. The molecule has 1 aromatic heterocycles. The van der Waals surface area contributed by atoms with E-state index in [1.807, 2.05) is 42.5 Å². The minimum Gasteiger partial charge on any atom is -0.493 e. The van der Waals surface area contributed by atoms with Gasteiger partial charge in [0.2, 0.25) is 0 Å². The van der Waals surface area contributed by atoms with Gasteiger partial charge in [0.05, 0.1) is 19.8 Å². The van der Waals surface area contributed by atoms with Crippen molar-refractivity contribution in [2.75, 3.05) is 38.8 Å². The Balaban J connectivity index is 1.47. The fourth-order valence-corrected chi connectivity index (χ4v) is 3.95. The summed E-state index contributed by atoms with van der Waals surface area (Å²) >= 11 is 0. The molecule has 1 amide bonds. The first-order valence-electron chi connectivity index (χ1n) is 10.7. The molecule has 0 unspecified atom stereocenters. The van der Waals surface area contributed by atoms with Gasteiger partial charge in [-0.3, -0.25) is 4.79 Å². The topological polar surface area (TPSA) is 75.7 Å². The van der Waals surface area contributed by atoms with Gasteiger partial charge in [-0.15, -0.1) is 0 Å². The van der Waals surface area contributed by atoms with Gasteiger partial charge in [-0.1, -0.05) is 36.4 Å². The number of anilines is 1. The Hall–Kier alpha value is -3.58. The Labute approximate surface area is 188 Å². The van der Waals surface area contributed by atoms with Crippen molar-refractivity contribution in [1.82, 2.24) is 15.6 Å². The molecule has 3 aromatic rings. The molecule has 0 saturated carbocycles. The van der Waals surface area contributed by atoms with Crippen LogP contribution in [-0.2, 0) is 6.54 Å². The zero-order chi connectivity index (χ0) is 22.3. The van der Waals surface area contributed by atoms with Crippen molar-refractivity contribution in [3.8, 4) is 11.5 Å². The minimum atomic E-state index is -0.155. The summed E-state index contributed by atoms with van der Waals surface area (Å²) in [4.78, 5) is 19.8. The van der Waals surface area contributed by atoms with Gasteiger partial charge in [0, 0.05) is 38.4 Å². The second kappa shape index (κ2) is 10.2. The number of nitrogens with zero attached hydrogens (tertiary/aromatic N) is 2. The molecule has 1 aliphatic rings. The number of carbonyl (C=O) groups is 1. The molecule has 0 spiro atoms. The summed E-state index contributed by atoms with van der Waals surface area (Å²) in [6, 6.07) is 19.8. The molecule has 7 nitrogen and oxygen atoms in total. The van der Waals surface area contributed by atoms with Crippen molar-refractivity contribution in [2.45, 2.75) is 12.6 Å². The first kappa shape index (κ1) is 21.6. The first-order chi connectivity index (χ1) is 15.7. The van der Waals surface area contributed by atoms with Gasteiger partial charge in [0.25, 0.3) is 5.91 Å². The second-order valence-electron chi connectivity index (χ2n) is 7.61. The van der Waals surface area contributed by atoms with Gasteiger partial charge in [-0.25, -0.2) is 4.98 Å². The third kappa shape index (κ3) is 4.84. The molecule has 0 bridgehead atoms. The number of pyridine rings is 1. The molecular formula is C25H28N4O3. The van der Waals surface area contributed by atoms with E-state index in [4.69, 9.17) is 9.47 Å². The largest absolute Gasteiger partial charge is 0.493 e. The third-order valence-electron chi connectivity index (χ3n) is 5.61. The van der Waals surface area contributed by atoms with E-state index in [1.54, 1.807) is 26.5 Å². The van der Waals surface area contributed by atoms with Crippen LogP contribution in [0.5, 0.6) is 11.5 Å². The van der Waals surface area contributed by atoms with E-state index in [2.05, 4.69) is 32.7 Å². The highest BCUT2D eigenvalue weighted by Gasteiger charge is 2.25. The van der Waals surface area contributed by atoms with Crippen molar-refractivity contribution >= 4 is 11.7 Å². The van der Waals surface area contributed by atoms with Crippen LogP contribution < -0.4 is 25.0 Å². The van der Waals surface area contributed by atoms with Gasteiger partial charge in [0.1, 0.15) is 5.82 Å². The third-order valence-corrected chi connectivity index (χ3v) is 5.61. The van der Waals surface area contributed by atoms with Gasteiger partial charge < -0.3 is 25.0 Å². The molecule has 1 fully saturated rings. The Morgan fingerprint density at radius 3 is 2.69 bits per heavy atom. The Morgan fingerprint density at radius 2 is 1.91 bits per heavy atom. The quantitative estimate of drug-likeness (QED) is 0.597. The maximum Gasteiger partial charge on any atom is 0.255 e. The number of ether oxygens (including phenoxy) is 2. The van der Waals surface area contributed by atoms with Gasteiger partial charge in [-0.2, -0.15) is 0 Å². The Morgan fingerprint density at radius 1 is 1.09 bits per heavy atom. The van der Waals surface area contributed by atoms with Crippen molar-refractivity contribution in [3.63, 3.8) is 0 Å². The summed E-state index contributed by atoms with van der Waals surface area (Å²) in [5, 5.41) is 6.57. The molecule has 166 valence electrons. The van der Waals surface area contributed by atoms with Crippen LogP contribution in [0.2, 0.25) is 0 Å². The number of rotatable bonds is 7. The van der Waals surface area contributed by atoms with E-state index >= 15 is 0 Å². The molecular weight excluding hydrogens is 404 g/mol. The van der Waals surface area contributed by atoms with Gasteiger partial charge in [-0.05, 0) is 35.4 Å². The summed E-state index contributed by atoms with van der Waals surface area (Å²) in [7, 11) is 3.19. The second-order valence-corrected chi connectivity index (χ2v) is 7.61. The lowest BCUT2D eigenvalue weighted by atomic mass is 10.0. The van der Waals surface area contributed by atoms with Crippen molar-refractivity contribution in [2.24, 2.45) is 0 Å². The summed E-state index contributed by atoms with van der Waals surface area (Å²) in [6.45, 7) is 2.73. The number of hydrogen-bond donors (Lipinski definition) is 2. The highest BCUT2D eigenvalue weighted by atomic mass is 16.5. The lowest BCUT2D eigenvalue weighted by Gasteiger charge is -2.35. The van der Waals surface area contributed by atoms with Crippen molar-refractivity contribution < 1.29 is 14.3 Å². The number of carbonyl (C=O) groups excluding carboxylic acids is 1. The van der Waals surface area contributed by atoms with E-state index in [1.165, 1.54) is 5.56 Å². The van der Waals surface area contributed by atoms with E-state index < -0.39 is 0 Å². The number of amides is 1. The summed E-state index contributed by atoms with van der Waals surface area (Å²) in [6.07, 6.45) is 1.74. The lowest BCUT2D eigenvalue weighted by Crippen LogP contribution is -2.46. The number of piperazine rings is 1.